The van der Waals surface area contributed by atoms with E-state index in [9.17, 15) is 14.9 Å². The highest BCUT2D eigenvalue weighted by atomic mass is 16.6. The van der Waals surface area contributed by atoms with Gasteiger partial charge in [0.15, 0.2) is 0 Å². The van der Waals surface area contributed by atoms with Crippen LogP contribution in [0.1, 0.15) is 32.3 Å². The minimum absolute atomic E-state index is 0.00550. The monoisotopic (exact) mass is 309 g/mol. The first kappa shape index (κ1) is 17.9. The minimum atomic E-state index is -0.466. The molecule has 0 unspecified atom stereocenters. The third-order valence-corrected chi connectivity index (χ3v) is 3.32. The molecule has 0 aliphatic heterocycles. The zero-order chi connectivity index (χ0) is 16.6. The topological polar surface area (TPSA) is 104 Å². The second kappa shape index (κ2) is 8.33. The quantitative estimate of drug-likeness (QED) is 0.389. The summed E-state index contributed by atoms with van der Waals surface area (Å²) in [5.74, 6) is 0. The Kier molecular flexibility index (Phi) is 6.78. The number of aliphatic hydroxyl groups is 1. The molecule has 0 saturated carbocycles. The molecule has 0 fully saturated rings. The molecule has 0 aliphatic rings. The van der Waals surface area contributed by atoms with Gasteiger partial charge in [-0.1, -0.05) is 26.0 Å². The van der Waals surface area contributed by atoms with E-state index in [0.717, 1.165) is 12.8 Å². The van der Waals surface area contributed by atoms with Gasteiger partial charge in [0.25, 0.3) is 5.69 Å². The lowest BCUT2D eigenvalue weighted by atomic mass is 9.89. The summed E-state index contributed by atoms with van der Waals surface area (Å²) in [4.78, 5) is 21.8. The van der Waals surface area contributed by atoms with Gasteiger partial charge in [-0.15, -0.1) is 0 Å². The summed E-state index contributed by atoms with van der Waals surface area (Å²) in [5, 5.41) is 25.2. The van der Waals surface area contributed by atoms with Crippen molar-refractivity contribution in [3.63, 3.8) is 0 Å². The van der Waals surface area contributed by atoms with Crippen molar-refractivity contribution in [2.24, 2.45) is 5.41 Å². The summed E-state index contributed by atoms with van der Waals surface area (Å²) in [6.45, 7) is 4.80. The maximum atomic E-state index is 11.6. The maximum Gasteiger partial charge on any atom is 0.315 e. The molecule has 1 aromatic carbocycles. The van der Waals surface area contributed by atoms with Crippen LogP contribution < -0.4 is 10.6 Å². The second-order valence-electron chi connectivity index (χ2n) is 5.96. The molecule has 0 saturated heterocycles. The summed E-state index contributed by atoms with van der Waals surface area (Å²) in [6, 6.07) is 5.84. The first-order chi connectivity index (χ1) is 10.3. The molecule has 1 aromatic rings. The lowest BCUT2D eigenvalue weighted by Crippen LogP contribution is -2.36. The van der Waals surface area contributed by atoms with Crippen LogP contribution in [0.15, 0.2) is 24.3 Å². The molecule has 7 heteroatoms. The Balaban J connectivity index is 2.29. The average Bonchev–Trinajstić information content (AvgIpc) is 2.50. The zero-order valence-corrected chi connectivity index (χ0v) is 13.0. The Hall–Kier alpha value is -2.15. The number of nitro benzene ring substituents is 1. The number of carbonyl (C=O) groups is 1. The van der Waals surface area contributed by atoms with Gasteiger partial charge in [-0.05, 0) is 23.8 Å². The van der Waals surface area contributed by atoms with Crippen molar-refractivity contribution in [3.8, 4) is 0 Å². The van der Waals surface area contributed by atoms with Gasteiger partial charge in [-0.2, -0.15) is 0 Å². The maximum absolute atomic E-state index is 11.6. The third kappa shape index (κ3) is 6.53. The van der Waals surface area contributed by atoms with E-state index in [1.807, 2.05) is 13.8 Å². The van der Waals surface area contributed by atoms with Crippen LogP contribution in [0.3, 0.4) is 0 Å². The van der Waals surface area contributed by atoms with E-state index >= 15 is 0 Å². The highest BCUT2D eigenvalue weighted by molar-refractivity contribution is 5.73. The van der Waals surface area contributed by atoms with Gasteiger partial charge in [0.1, 0.15) is 0 Å². The van der Waals surface area contributed by atoms with Crippen molar-refractivity contribution in [1.29, 1.82) is 0 Å². The van der Waals surface area contributed by atoms with E-state index in [4.69, 9.17) is 5.11 Å². The highest BCUT2D eigenvalue weighted by Gasteiger charge is 2.15. The lowest BCUT2D eigenvalue weighted by Gasteiger charge is -2.21. The summed E-state index contributed by atoms with van der Waals surface area (Å²) >= 11 is 0. The van der Waals surface area contributed by atoms with Crippen molar-refractivity contribution in [2.75, 3.05) is 13.2 Å². The van der Waals surface area contributed by atoms with Crippen molar-refractivity contribution in [2.45, 2.75) is 33.2 Å². The number of hydrogen-bond donors (Lipinski definition) is 3. The van der Waals surface area contributed by atoms with E-state index in [1.165, 1.54) is 12.1 Å². The van der Waals surface area contributed by atoms with Gasteiger partial charge >= 0.3 is 6.03 Å². The van der Waals surface area contributed by atoms with Crippen LogP contribution in [0.2, 0.25) is 0 Å². The molecular formula is C15H23N3O4. The number of hydrogen-bond acceptors (Lipinski definition) is 4. The Morgan fingerprint density at radius 3 is 2.73 bits per heavy atom. The minimum Gasteiger partial charge on any atom is -0.396 e. The van der Waals surface area contributed by atoms with Gasteiger partial charge < -0.3 is 15.7 Å². The van der Waals surface area contributed by atoms with Crippen LogP contribution in [0.25, 0.3) is 0 Å². The smallest absolute Gasteiger partial charge is 0.315 e. The van der Waals surface area contributed by atoms with Gasteiger partial charge in [-0.25, -0.2) is 4.79 Å². The molecule has 0 bridgehead atoms. The molecule has 0 spiro atoms. The van der Waals surface area contributed by atoms with Crippen LogP contribution in [-0.2, 0) is 6.54 Å². The van der Waals surface area contributed by atoms with Crippen molar-refractivity contribution >= 4 is 11.7 Å². The van der Waals surface area contributed by atoms with E-state index in [-0.39, 0.29) is 30.3 Å². The van der Waals surface area contributed by atoms with Crippen LogP contribution in [-0.4, -0.2) is 29.2 Å². The summed E-state index contributed by atoms with van der Waals surface area (Å²) in [7, 11) is 0. The van der Waals surface area contributed by atoms with E-state index in [0.29, 0.717) is 12.1 Å². The normalized spacial score (nSPS) is 11.0. The predicted octanol–water partition coefficient (Wildman–Crippen LogP) is 2.19. The highest BCUT2D eigenvalue weighted by Crippen LogP contribution is 2.20. The third-order valence-electron chi connectivity index (χ3n) is 3.32. The lowest BCUT2D eigenvalue weighted by molar-refractivity contribution is -0.384. The second-order valence-corrected chi connectivity index (χ2v) is 5.96. The van der Waals surface area contributed by atoms with Crippen molar-refractivity contribution < 1.29 is 14.8 Å². The molecule has 0 aliphatic carbocycles. The molecule has 7 nitrogen and oxygen atoms in total. The molecule has 0 atom stereocenters. The van der Waals surface area contributed by atoms with Gasteiger partial charge in [0.05, 0.1) is 4.92 Å². The van der Waals surface area contributed by atoms with Gasteiger partial charge in [0, 0.05) is 31.8 Å². The zero-order valence-electron chi connectivity index (χ0n) is 13.0. The van der Waals surface area contributed by atoms with Crippen LogP contribution >= 0.6 is 0 Å². The SMILES string of the molecule is CC(C)(CO)CCCNC(=O)NCc1cccc([N+](=O)[O-])c1. The molecule has 0 heterocycles. The molecule has 1 rings (SSSR count). The Labute approximate surface area is 129 Å². The van der Waals surface area contributed by atoms with Gasteiger partial charge in [0.2, 0.25) is 0 Å². The molecule has 22 heavy (non-hydrogen) atoms. The molecule has 3 N–H and O–H groups in total. The fourth-order valence-electron chi connectivity index (χ4n) is 1.87. The number of aliphatic hydroxyl groups excluding tert-OH is 1. The first-order valence-corrected chi connectivity index (χ1v) is 7.20. The van der Waals surface area contributed by atoms with E-state index < -0.39 is 4.92 Å². The first-order valence-electron chi connectivity index (χ1n) is 7.20. The van der Waals surface area contributed by atoms with Crippen molar-refractivity contribution in [3.05, 3.63) is 39.9 Å². The number of amides is 2. The molecular weight excluding hydrogens is 286 g/mol. The largest absolute Gasteiger partial charge is 0.396 e. The average molecular weight is 309 g/mol. The number of nitrogens with one attached hydrogen (secondary N) is 2. The fourth-order valence-corrected chi connectivity index (χ4v) is 1.87. The summed E-state index contributed by atoms with van der Waals surface area (Å²) < 4.78 is 0. The number of rotatable bonds is 8. The number of benzene rings is 1. The van der Waals surface area contributed by atoms with Crippen molar-refractivity contribution in [1.82, 2.24) is 10.6 Å². The van der Waals surface area contributed by atoms with Crippen LogP contribution in [0.4, 0.5) is 10.5 Å². The Morgan fingerprint density at radius 1 is 1.36 bits per heavy atom. The standard InChI is InChI=1S/C15H23N3O4/c1-15(2,11-19)7-4-8-16-14(20)17-10-12-5-3-6-13(9-12)18(21)22/h3,5-6,9,19H,4,7-8,10-11H2,1-2H3,(H2,16,17,20). The number of nitro groups is 1. The van der Waals surface area contributed by atoms with Gasteiger partial charge in [-0.3, -0.25) is 10.1 Å². The number of carbonyl (C=O) groups excluding carboxylic acids is 1. The fraction of sp³-hybridized carbons (Fsp3) is 0.533. The number of non-ortho nitro benzene ring substituents is 1. The predicted molar refractivity (Wildman–Crippen MR) is 83.4 cm³/mol. The van der Waals surface area contributed by atoms with E-state index in [1.54, 1.807) is 12.1 Å². The van der Waals surface area contributed by atoms with E-state index in [2.05, 4.69) is 10.6 Å². The summed E-state index contributed by atoms with van der Waals surface area (Å²) in [6.07, 6.45) is 1.59. The molecule has 0 radical (unpaired) electrons. The molecule has 2 amide bonds. The Bertz CT molecular complexity index is 517. The van der Waals surface area contributed by atoms with Crippen LogP contribution in [0, 0.1) is 15.5 Å². The number of nitrogens with zero attached hydrogens (tertiary/aromatic N) is 1. The van der Waals surface area contributed by atoms with Crippen LogP contribution in [0.5, 0.6) is 0 Å². The molecule has 0 aromatic heterocycles. The summed E-state index contributed by atoms with van der Waals surface area (Å²) in [5.41, 5.74) is 0.540. The Morgan fingerprint density at radius 2 is 2.09 bits per heavy atom. The molecule has 122 valence electrons. The number of urea groups is 1.